The van der Waals surface area contributed by atoms with Crippen LogP contribution in [-0.2, 0) is 33.4 Å². The molecular weight excluding hydrogens is 370 g/mol. The highest BCUT2D eigenvalue weighted by Crippen LogP contribution is 2.54. The molecule has 1 aromatic rings. The summed E-state index contributed by atoms with van der Waals surface area (Å²) >= 11 is 0. The molecule has 2 aliphatic rings. The molecule has 0 unspecified atom stereocenters. The van der Waals surface area contributed by atoms with E-state index in [9.17, 15) is 19.2 Å². The molecular formula is C19H19NO8. The normalized spacial score (nSPS) is 23.3. The Balaban J connectivity index is 2.47. The topological polar surface area (TPSA) is 108 Å². The molecule has 0 aliphatic carbocycles. The molecule has 0 amide bonds. The molecule has 0 saturated carbocycles. The van der Waals surface area contributed by atoms with Gasteiger partial charge >= 0.3 is 17.9 Å². The van der Waals surface area contributed by atoms with Gasteiger partial charge in [0.15, 0.2) is 0 Å². The number of ether oxygens (including phenoxy) is 3. The van der Waals surface area contributed by atoms with E-state index in [4.69, 9.17) is 19.0 Å². The summed E-state index contributed by atoms with van der Waals surface area (Å²) in [6.45, 7) is 1.50. The van der Waals surface area contributed by atoms with Crippen molar-refractivity contribution in [3.8, 4) is 0 Å². The van der Waals surface area contributed by atoms with Crippen molar-refractivity contribution in [2.24, 2.45) is 0 Å². The molecule has 0 fully saturated rings. The Bertz CT molecular complexity index is 905. The number of benzene rings is 1. The number of fused-ring (bicyclic) bond motifs is 4. The minimum absolute atomic E-state index is 0.0558. The van der Waals surface area contributed by atoms with Gasteiger partial charge in [0.2, 0.25) is 11.3 Å². The fourth-order valence-electron chi connectivity index (χ4n) is 3.83. The third-order valence-corrected chi connectivity index (χ3v) is 4.86. The zero-order valence-corrected chi connectivity index (χ0v) is 15.8. The van der Waals surface area contributed by atoms with Gasteiger partial charge in [-0.25, -0.2) is 14.4 Å². The van der Waals surface area contributed by atoms with Gasteiger partial charge in [0, 0.05) is 5.56 Å². The summed E-state index contributed by atoms with van der Waals surface area (Å²) in [5, 5.41) is 1.01. The zero-order valence-electron chi connectivity index (χ0n) is 15.8. The Morgan fingerprint density at radius 2 is 1.71 bits per heavy atom. The van der Waals surface area contributed by atoms with E-state index in [0.717, 1.165) is 19.3 Å². The highest BCUT2D eigenvalue weighted by atomic mass is 16.7. The number of carbonyl (C=O) groups excluding carboxylic acids is 4. The van der Waals surface area contributed by atoms with Crippen molar-refractivity contribution in [1.82, 2.24) is 5.06 Å². The number of carbonyl (C=O) groups is 4. The molecule has 28 heavy (non-hydrogen) atoms. The van der Waals surface area contributed by atoms with Crippen LogP contribution in [0.1, 0.15) is 28.9 Å². The Morgan fingerprint density at radius 3 is 2.29 bits per heavy atom. The van der Waals surface area contributed by atoms with E-state index in [2.05, 4.69) is 0 Å². The maximum atomic E-state index is 13.6. The van der Waals surface area contributed by atoms with Crippen LogP contribution in [0.5, 0.6) is 0 Å². The standard InChI is InChI=1S/C19H19NO8/c1-5-28-18(24)19-13(17(23)26-3)12(16(22)25-2)14(20(19)27-4)10-8-6-7-9-11(10)15(19)21/h6-9,14H,5H2,1-4H3/t14-,19-/m1/s1. The highest BCUT2D eigenvalue weighted by Gasteiger charge is 2.70. The van der Waals surface area contributed by atoms with Gasteiger partial charge in [-0.3, -0.25) is 9.63 Å². The number of esters is 3. The molecule has 2 bridgehead atoms. The number of methoxy groups -OCH3 is 2. The second kappa shape index (κ2) is 7.17. The summed E-state index contributed by atoms with van der Waals surface area (Å²) in [6.07, 6.45) is 0. The van der Waals surface area contributed by atoms with E-state index in [1.165, 1.54) is 13.2 Å². The van der Waals surface area contributed by atoms with E-state index < -0.39 is 40.8 Å². The molecule has 9 nitrogen and oxygen atoms in total. The molecule has 0 aromatic heterocycles. The van der Waals surface area contributed by atoms with Crippen LogP contribution >= 0.6 is 0 Å². The minimum Gasteiger partial charge on any atom is -0.466 e. The van der Waals surface area contributed by atoms with Gasteiger partial charge < -0.3 is 14.2 Å². The lowest BCUT2D eigenvalue weighted by Gasteiger charge is -2.41. The van der Waals surface area contributed by atoms with Gasteiger partial charge in [-0.2, -0.15) is 0 Å². The number of hydrogen-bond acceptors (Lipinski definition) is 9. The predicted octanol–water partition coefficient (Wildman–Crippen LogP) is 0.746. The summed E-state index contributed by atoms with van der Waals surface area (Å²) in [4.78, 5) is 57.4. The lowest BCUT2D eigenvalue weighted by atomic mass is 9.80. The molecule has 2 atom stereocenters. The maximum absolute atomic E-state index is 13.6. The molecule has 2 aliphatic heterocycles. The van der Waals surface area contributed by atoms with Gasteiger partial charge in [-0.15, -0.1) is 5.06 Å². The van der Waals surface area contributed by atoms with Crippen LogP contribution in [0.4, 0.5) is 0 Å². The van der Waals surface area contributed by atoms with Crippen molar-refractivity contribution < 1.29 is 38.2 Å². The van der Waals surface area contributed by atoms with Crippen molar-refractivity contribution in [1.29, 1.82) is 0 Å². The minimum atomic E-state index is -2.32. The van der Waals surface area contributed by atoms with Crippen LogP contribution in [0.2, 0.25) is 0 Å². The molecule has 0 N–H and O–H groups in total. The summed E-state index contributed by atoms with van der Waals surface area (Å²) < 4.78 is 14.8. The number of rotatable bonds is 5. The van der Waals surface area contributed by atoms with E-state index in [1.54, 1.807) is 25.1 Å². The molecule has 3 rings (SSSR count). The van der Waals surface area contributed by atoms with Gasteiger partial charge in [-0.1, -0.05) is 24.3 Å². The van der Waals surface area contributed by atoms with Gasteiger partial charge in [0.05, 0.1) is 45.1 Å². The van der Waals surface area contributed by atoms with E-state index >= 15 is 0 Å². The van der Waals surface area contributed by atoms with Gasteiger partial charge in [-0.05, 0) is 12.5 Å². The maximum Gasteiger partial charge on any atom is 0.342 e. The number of Topliss-reactive ketones (excluding diaryl/α,β-unsaturated/α-hetero) is 1. The molecule has 2 heterocycles. The first-order chi connectivity index (χ1) is 13.4. The van der Waals surface area contributed by atoms with E-state index in [-0.39, 0.29) is 17.7 Å². The zero-order chi connectivity index (χ0) is 20.6. The van der Waals surface area contributed by atoms with Gasteiger partial charge in [0.1, 0.15) is 0 Å². The van der Waals surface area contributed by atoms with Crippen molar-refractivity contribution in [2.45, 2.75) is 18.5 Å². The Kier molecular flexibility index (Phi) is 5.05. The first kappa shape index (κ1) is 19.7. The van der Waals surface area contributed by atoms with Crippen molar-refractivity contribution in [2.75, 3.05) is 27.9 Å². The Morgan fingerprint density at radius 1 is 1.07 bits per heavy atom. The van der Waals surface area contributed by atoms with Crippen LogP contribution in [0.25, 0.3) is 0 Å². The monoisotopic (exact) mass is 389 g/mol. The van der Waals surface area contributed by atoms with Crippen LogP contribution in [0, 0.1) is 0 Å². The van der Waals surface area contributed by atoms with Crippen LogP contribution in [-0.4, -0.2) is 62.2 Å². The Hall–Kier alpha value is -3.04. The molecule has 0 saturated heterocycles. The number of hydroxylamine groups is 2. The van der Waals surface area contributed by atoms with Crippen LogP contribution in [0.3, 0.4) is 0 Å². The predicted molar refractivity (Wildman–Crippen MR) is 92.8 cm³/mol. The fourth-order valence-corrected chi connectivity index (χ4v) is 3.83. The Labute approximate surface area is 160 Å². The van der Waals surface area contributed by atoms with Crippen LogP contribution < -0.4 is 0 Å². The SMILES string of the molecule is CCOC(=O)[C@]12C(=O)c3ccccc3[C@H](C(C(=O)OC)=C1C(=O)OC)N2OC. The summed E-state index contributed by atoms with van der Waals surface area (Å²) in [6, 6.07) is 5.38. The summed E-state index contributed by atoms with van der Waals surface area (Å²) in [7, 11) is 3.45. The molecule has 9 heteroatoms. The van der Waals surface area contributed by atoms with Crippen molar-refractivity contribution in [3.63, 3.8) is 0 Å². The van der Waals surface area contributed by atoms with Crippen molar-refractivity contribution >= 4 is 23.7 Å². The molecule has 0 spiro atoms. The first-order valence-electron chi connectivity index (χ1n) is 8.47. The molecule has 148 valence electrons. The average Bonchev–Trinajstić information content (AvgIpc) is 2.98. The van der Waals surface area contributed by atoms with Gasteiger partial charge in [0.25, 0.3) is 0 Å². The van der Waals surface area contributed by atoms with E-state index in [1.807, 2.05) is 0 Å². The third-order valence-electron chi connectivity index (χ3n) is 4.86. The largest absolute Gasteiger partial charge is 0.466 e. The fraction of sp³-hybridized carbons (Fsp3) is 0.368. The van der Waals surface area contributed by atoms with E-state index in [0.29, 0.717) is 5.56 Å². The van der Waals surface area contributed by atoms with Crippen molar-refractivity contribution in [3.05, 3.63) is 46.5 Å². The highest BCUT2D eigenvalue weighted by molar-refractivity contribution is 6.28. The lowest BCUT2D eigenvalue weighted by molar-refractivity contribution is -0.208. The average molecular weight is 389 g/mol. The smallest absolute Gasteiger partial charge is 0.342 e. The molecule has 0 radical (unpaired) electrons. The molecule has 1 aromatic carbocycles. The number of ketones is 1. The number of nitrogens with zero attached hydrogens (tertiary/aromatic N) is 1. The lowest BCUT2D eigenvalue weighted by Crippen LogP contribution is -2.62. The number of hydrogen-bond donors (Lipinski definition) is 0. The first-order valence-corrected chi connectivity index (χ1v) is 8.47. The quantitative estimate of drug-likeness (QED) is 0.409. The summed E-state index contributed by atoms with van der Waals surface area (Å²) in [5.41, 5.74) is -2.42. The second-order valence-electron chi connectivity index (χ2n) is 6.03. The second-order valence-corrected chi connectivity index (χ2v) is 6.03. The third kappa shape index (κ3) is 2.33. The summed E-state index contributed by atoms with van der Waals surface area (Å²) in [5.74, 6) is -3.71. The van der Waals surface area contributed by atoms with Crippen LogP contribution in [0.15, 0.2) is 35.4 Å².